The summed E-state index contributed by atoms with van der Waals surface area (Å²) in [5.74, 6) is -0.271. The third kappa shape index (κ3) is 4.21. The van der Waals surface area contributed by atoms with E-state index in [1.807, 2.05) is 30.3 Å². The van der Waals surface area contributed by atoms with E-state index in [0.29, 0.717) is 12.8 Å². The van der Waals surface area contributed by atoms with E-state index in [2.05, 4.69) is 5.32 Å². The van der Waals surface area contributed by atoms with E-state index in [1.54, 1.807) is 0 Å². The summed E-state index contributed by atoms with van der Waals surface area (Å²) < 4.78 is 22.8. The van der Waals surface area contributed by atoms with Crippen molar-refractivity contribution in [3.8, 4) is 0 Å². The molecule has 1 heterocycles. The van der Waals surface area contributed by atoms with Gasteiger partial charge in [0, 0.05) is 6.42 Å². The van der Waals surface area contributed by atoms with E-state index >= 15 is 0 Å². The minimum Gasteiger partial charge on any atom is -0.351 e. The smallest absolute Gasteiger partial charge is 0.220 e. The van der Waals surface area contributed by atoms with Gasteiger partial charge in [-0.25, -0.2) is 8.42 Å². The van der Waals surface area contributed by atoms with E-state index in [1.165, 1.54) is 0 Å². The average Bonchev–Trinajstić information content (AvgIpc) is 2.61. The molecule has 0 aromatic heterocycles. The van der Waals surface area contributed by atoms with Gasteiger partial charge in [0.1, 0.15) is 0 Å². The van der Waals surface area contributed by atoms with Crippen molar-refractivity contribution in [3.05, 3.63) is 35.9 Å². The first-order valence-electron chi connectivity index (χ1n) is 6.14. The topological polar surface area (TPSA) is 63.2 Å². The number of nitrogens with one attached hydrogen (secondary N) is 1. The molecule has 0 unspecified atom stereocenters. The Bertz CT molecular complexity index is 544. The van der Waals surface area contributed by atoms with E-state index in [9.17, 15) is 13.2 Å². The van der Waals surface area contributed by atoms with Crippen LogP contribution in [0.5, 0.6) is 0 Å². The Morgan fingerprint density at radius 2 is 1.95 bits per heavy atom. The second-order valence-corrected chi connectivity index (χ2v) is 7.47. The van der Waals surface area contributed by atoms with Crippen LogP contribution in [0.3, 0.4) is 0 Å². The molecule has 1 aliphatic rings. The van der Waals surface area contributed by atoms with Gasteiger partial charge < -0.3 is 5.32 Å². The van der Waals surface area contributed by atoms with Gasteiger partial charge in [-0.3, -0.25) is 4.79 Å². The quantitative estimate of drug-likeness (QED) is 0.848. The van der Waals surface area contributed by atoms with Gasteiger partial charge in [0.05, 0.1) is 22.9 Å². The van der Waals surface area contributed by atoms with E-state index < -0.39 is 21.3 Å². The highest BCUT2D eigenvalue weighted by atomic mass is 35.5. The molecule has 1 aliphatic heterocycles. The van der Waals surface area contributed by atoms with Crippen molar-refractivity contribution in [2.75, 3.05) is 11.5 Å². The van der Waals surface area contributed by atoms with E-state index in [0.717, 1.165) is 5.56 Å². The van der Waals surface area contributed by atoms with Crippen molar-refractivity contribution in [3.63, 3.8) is 0 Å². The molecule has 0 radical (unpaired) electrons. The molecule has 1 N–H and O–H groups in total. The van der Waals surface area contributed by atoms with Crippen LogP contribution in [0.2, 0.25) is 0 Å². The van der Waals surface area contributed by atoms with Crippen LogP contribution in [0, 0.1) is 0 Å². The van der Waals surface area contributed by atoms with Gasteiger partial charge in [-0.15, -0.1) is 11.6 Å². The fourth-order valence-electron chi connectivity index (χ4n) is 2.12. The van der Waals surface area contributed by atoms with Crippen molar-refractivity contribution in [1.82, 2.24) is 5.32 Å². The lowest BCUT2D eigenvalue weighted by atomic mass is 10.1. The Morgan fingerprint density at radius 1 is 1.26 bits per heavy atom. The molecule has 2 atom stereocenters. The van der Waals surface area contributed by atoms with Crippen LogP contribution in [0.4, 0.5) is 0 Å². The monoisotopic (exact) mass is 301 g/mol. The van der Waals surface area contributed by atoms with Gasteiger partial charge in [0.2, 0.25) is 5.91 Å². The maximum absolute atomic E-state index is 11.8. The van der Waals surface area contributed by atoms with Crippen molar-refractivity contribution >= 4 is 27.3 Å². The molecule has 6 heteroatoms. The Hall–Kier alpha value is -1.07. The lowest BCUT2D eigenvalue weighted by molar-refractivity contribution is -0.121. The van der Waals surface area contributed by atoms with Gasteiger partial charge in [-0.05, 0) is 12.0 Å². The molecule has 2 rings (SSSR count). The number of halogens is 1. The molecular weight excluding hydrogens is 286 g/mol. The first-order valence-corrected chi connectivity index (χ1v) is 8.40. The zero-order chi connectivity index (χ0) is 13.9. The lowest BCUT2D eigenvalue weighted by Crippen LogP contribution is -2.40. The summed E-state index contributed by atoms with van der Waals surface area (Å²) in [6.45, 7) is 0. The van der Waals surface area contributed by atoms with Crippen molar-refractivity contribution in [2.24, 2.45) is 0 Å². The van der Waals surface area contributed by atoms with E-state index in [-0.39, 0.29) is 17.4 Å². The summed E-state index contributed by atoms with van der Waals surface area (Å²) in [7, 11) is -3.10. The predicted molar refractivity (Wildman–Crippen MR) is 75.0 cm³/mol. The number of hydrogen-bond acceptors (Lipinski definition) is 3. The number of hydrogen-bond donors (Lipinski definition) is 1. The molecule has 0 bridgehead atoms. The Balaban J connectivity index is 1.82. The molecule has 104 valence electrons. The Labute approximate surface area is 118 Å². The standard InChI is InChI=1S/C13H16ClNO3S/c14-11-8-19(17,18)9-12(11)15-13(16)7-6-10-4-2-1-3-5-10/h1-5,11-12H,6-9H2,(H,15,16)/t11-,12-/m1/s1. The summed E-state index contributed by atoms with van der Waals surface area (Å²) in [5.41, 5.74) is 1.08. The number of carbonyl (C=O) groups excluding carboxylic acids is 1. The first-order chi connectivity index (χ1) is 8.96. The van der Waals surface area contributed by atoms with Crippen LogP contribution in [0.25, 0.3) is 0 Å². The van der Waals surface area contributed by atoms with E-state index in [4.69, 9.17) is 11.6 Å². The molecule has 0 aliphatic carbocycles. The first kappa shape index (κ1) is 14.3. The van der Waals surface area contributed by atoms with Crippen LogP contribution in [-0.2, 0) is 21.1 Å². The normalized spacial score (nSPS) is 25.1. The van der Waals surface area contributed by atoms with Crippen LogP contribution < -0.4 is 5.32 Å². The maximum atomic E-state index is 11.8. The second-order valence-electron chi connectivity index (χ2n) is 4.75. The average molecular weight is 302 g/mol. The summed E-state index contributed by atoms with van der Waals surface area (Å²) in [6.07, 6.45) is 0.975. The van der Waals surface area contributed by atoms with Crippen molar-refractivity contribution < 1.29 is 13.2 Å². The summed E-state index contributed by atoms with van der Waals surface area (Å²) in [6, 6.07) is 9.22. The number of benzene rings is 1. The zero-order valence-corrected chi connectivity index (χ0v) is 12.0. The molecule has 1 aromatic rings. The molecule has 0 saturated carbocycles. The third-order valence-corrected chi connectivity index (χ3v) is 5.49. The van der Waals surface area contributed by atoms with Gasteiger partial charge in [0.15, 0.2) is 9.84 Å². The summed E-state index contributed by atoms with van der Waals surface area (Å²) in [4.78, 5) is 11.8. The molecule has 1 aromatic carbocycles. The largest absolute Gasteiger partial charge is 0.351 e. The predicted octanol–water partition coefficient (Wildman–Crippen LogP) is 1.14. The van der Waals surface area contributed by atoms with Crippen molar-refractivity contribution in [1.29, 1.82) is 0 Å². The number of aryl methyl sites for hydroxylation is 1. The van der Waals surface area contributed by atoms with Crippen LogP contribution in [0.1, 0.15) is 12.0 Å². The summed E-state index contributed by atoms with van der Waals surface area (Å²) >= 11 is 5.93. The lowest BCUT2D eigenvalue weighted by Gasteiger charge is -2.14. The number of amides is 1. The minimum atomic E-state index is -3.10. The second kappa shape index (κ2) is 5.92. The zero-order valence-electron chi connectivity index (χ0n) is 10.4. The molecular formula is C13H16ClNO3S. The van der Waals surface area contributed by atoms with Crippen molar-refractivity contribution in [2.45, 2.75) is 24.3 Å². The SMILES string of the molecule is O=C(CCc1ccccc1)N[C@@H]1CS(=O)(=O)C[C@H]1Cl. The number of alkyl halides is 1. The van der Waals surface area contributed by atoms with Crippen LogP contribution >= 0.6 is 11.6 Å². The molecule has 1 amide bonds. The van der Waals surface area contributed by atoms with Gasteiger partial charge in [-0.2, -0.15) is 0 Å². The molecule has 1 fully saturated rings. The van der Waals surface area contributed by atoms with Crippen LogP contribution in [-0.4, -0.2) is 37.2 Å². The fraction of sp³-hybridized carbons (Fsp3) is 0.462. The number of rotatable bonds is 4. The summed E-state index contributed by atoms with van der Waals surface area (Å²) in [5, 5.41) is 2.18. The molecule has 0 spiro atoms. The highest BCUT2D eigenvalue weighted by Gasteiger charge is 2.37. The molecule has 4 nitrogen and oxygen atoms in total. The third-order valence-electron chi connectivity index (χ3n) is 3.11. The van der Waals surface area contributed by atoms with Gasteiger partial charge in [-0.1, -0.05) is 30.3 Å². The Morgan fingerprint density at radius 3 is 2.53 bits per heavy atom. The maximum Gasteiger partial charge on any atom is 0.220 e. The molecule has 1 saturated heterocycles. The van der Waals surface area contributed by atoms with Crippen LogP contribution in [0.15, 0.2) is 30.3 Å². The highest BCUT2D eigenvalue weighted by Crippen LogP contribution is 2.18. The van der Waals surface area contributed by atoms with Gasteiger partial charge in [0.25, 0.3) is 0 Å². The highest BCUT2D eigenvalue weighted by molar-refractivity contribution is 7.91. The molecule has 19 heavy (non-hydrogen) atoms. The number of sulfone groups is 1. The minimum absolute atomic E-state index is 0.0573. The number of carbonyl (C=O) groups is 1. The Kier molecular flexibility index (Phi) is 4.47. The van der Waals surface area contributed by atoms with Gasteiger partial charge >= 0.3 is 0 Å². The fourth-order valence-corrected chi connectivity index (χ4v) is 4.67.